The van der Waals surface area contributed by atoms with E-state index in [2.05, 4.69) is 12.4 Å². The third-order valence-corrected chi connectivity index (χ3v) is 8.61. The second kappa shape index (κ2) is 9.75. The van der Waals surface area contributed by atoms with Crippen molar-refractivity contribution in [3.05, 3.63) is 71.8 Å². The van der Waals surface area contributed by atoms with Gasteiger partial charge in [0.15, 0.2) is 6.10 Å². The molecule has 1 amide bonds. The smallest absolute Gasteiger partial charge is 0.348 e. The molecule has 1 saturated carbocycles. The minimum atomic E-state index is -1.95. The lowest BCUT2D eigenvalue weighted by Crippen LogP contribution is -2.73. The summed E-state index contributed by atoms with van der Waals surface area (Å²) in [5.74, 6) is -0.600. The Kier molecular flexibility index (Phi) is 6.69. The number of nitrogens with zero attached hydrogens (tertiary/aromatic N) is 1. The maximum Gasteiger partial charge on any atom is 0.348 e. The molecule has 0 spiro atoms. The van der Waals surface area contributed by atoms with E-state index in [1.165, 1.54) is 6.42 Å². The predicted octanol–water partition coefficient (Wildman–Crippen LogP) is 3.52. The number of carbonyl (C=O) groups excluding carboxylic acids is 2. The molecule has 6 nitrogen and oxygen atoms in total. The van der Waals surface area contributed by atoms with Gasteiger partial charge in [0.2, 0.25) is 11.6 Å². The lowest BCUT2D eigenvalue weighted by molar-refractivity contribution is -0.943. The van der Waals surface area contributed by atoms with Crippen molar-refractivity contribution in [1.82, 2.24) is 5.32 Å². The van der Waals surface area contributed by atoms with Gasteiger partial charge in [-0.2, -0.15) is 0 Å². The molecule has 0 aromatic heterocycles. The highest BCUT2D eigenvalue weighted by molar-refractivity contribution is 5.87. The summed E-state index contributed by atoms with van der Waals surface area (Å²) in [5.41, 5.74) is -1.03. The Labute approximate surface area is 207 Å². The topological polar surface area (TPSA) is 75.6 Å². The maximum atomic E-state index is 13.9. The van der Waals surface area contributed by atoms with E-state index >= 15 is 0 Å². The lowest BCUT2D eigenvalue weighted by atomic mass is 9.77. The van der Waals surface area contributed by atoms with E-state index in [4.69, 9.17) is 4.74 Å². The van der Waals surface area contributed by atoms with Crippen molar-refractivity contribution < 1.29 is 23.9 Å². The third-order valence-electron chi connectivity index (χ3n) is 8.61. The highest BCUT2D eigenvalue weighted by Crippen LogP contribution is 2.41. The van der Waals surface area contributed by atoms with Gasteiger partial charge in [-0.25, -0.2) is 4.79 Å². The molecule has 35 heavy (non-hydrogen) atoms. The SMILES string of the molecule is C[N+]12CCC(CC1)[C@@H](OC(=O)C(O)(c1ccccc1)c1ccccc1)C2C(=O)NC1CCCCC1. The van der Waals surface area contributed by atoms with Crippen molar-refractivity contribution in [3.8, 4) is 0 Å². The number of hydrogen-bond acceptors (Lipinski definition) is 4. The Morgan fingerprint density at radius 1 is 0.886 bits per heavy atom. The zero-order chi connectivity index (χ0) is 24.5. The van der Waals surface area contributed by atoms with Gasteiger partial charge in [-0.15, -0.1) is 0 Å². The molecule has 186 valence electrons. The van der Waals surface area contributed by atoms with E-state index in [0.717, 1.165) is 51.6 Å². The second-order valence-electron chi connectivity index (χ2n) is 10.9. The first-order chi connectivity index (χ1) is 16.9. The Morgan fingerprint density at radius 2 is 1.43 bits per heavy atom. The van der Waals surface area contributed by atoms with Crippen molar-refractivity contribution in [2.45, 2.75) is 68.7 Å². The molecular weight excluding hydrogens is 440 g/mol. The normalized spacial score (nSPS) is 28.9. The molecule has 1 aliphatic carbocycles. The van der Waals surface area contributed by atoms with Crippen LogP contribution in [0.25, 0.3) is 0 Å². The Balaban J connectivity index is 1.45. The van der Waals surface area contributed by atoms with Crippen LogP contribution < -0.4 is 5.32 Å². The van der Waals surface area contributed by atoms with Crippen LogP contribution in [-0.4, -0.2) is 59.8 Å². The van der Waals surface area contributed by atoms with E-state index in [-0.39, 0.29) is 17.9 Å². The molecular formula is C29H37N2O4+. The van der Waals surface area contributed by atoms with Crippen molar-refractivity contribution in [1.29, 1.82) is 0 Å². The third kappa shape index (κ3) is 4.50. The molecule has 2 aromatic rings. The molecule has 0 radical (unpaired) electrons. The molecule has 6 rings (SSSR count). The molecule has 6 heteroatoms. The van der Waals surface area contributed by atoms with E-state index in [0.29, 0.717) is 15.6 Å². The highest BCUT2D eigenvalue weighted by Gasteiger charge is 2.58. The van der Waals surface area contributed by atoms with Crippen LogP contribution in [0.15, 0.2) is 60.7 Å². The van der Waals surface area contributed by atoms with Crippen LogP contribution in [-0.2, 0) is 19.9 Å². The van der Waals surface area contributed by atoms with Crippen LogP contribution in [0.3, 0.4) is 0 Å². The predicted molar refractivity (Wildman–Crippen MR) is 133 cm³/mol. The summed E-state index contributed by atoms with van der Waals surface area (Å²) in [4.78, 5) is 27.5. The number of ether oxygens (including phenoxy) is 1. The standard InChI is InChI=1S/C29H36N2O4/c1-31-19-17-21(18-20-31)26(25(31)27(32)30-24-15-9-4-10-16-24)35-28(33)29(34,22-11-5-2-6-12-22)23-13-7-3-8-14-23/h2-3,5-8,11-14,21,24-26,34H,4,9-10,15-20H2,1H3/p+1/t21?,25?,26-,31?/m1/s1. The van der Waals surface area contributed by atoms with Gasteiger partial charge in [-0.3, -0.25) is 4.79 Å². The quantitative estimate of drug-likeness (QED) is 0.493. The second-order valence-corrected chi connectivity index (χ2v) is 10.9. The zero-order valence-electron chi connectivity index (χ0n) is 20.6. The molecule has 3 saturated heterocycles. The first-order valence-electron chi connectivity index (χ1n) is 13.1. The maximum absolute atomic E-state index is 13.9. The number of nitrogens with one attached hydrogen (secondary N) is 1. The van der Waals surface area contributed by atoms with Gasteiger partial charge in [0.1, 0.15) is 0 Å². The number of amides is 1. The summed E-state index contributed by atoms with van der Waals surface area (Å²) in [6.07, 6.45) is 6.80. The molecule has 4 aliphatic rings. The molecule has 2 atom stereocenters. The van der Waals surface area contributed by atoms with Gasteiger partial charge < -0.3 is 19.6 Å². The average Bonchev–Trinajstić information content (AvgIpc) is 2.89. The molecule has 2 N–H and O–H groups in total. The van der Waals surface area contributed by atoms with E-state index < -0.39 is 23.7 Å². The van der Waals surface area contributed by atoms with Crippen LogP contribution in [0.2, 0.25) is 0 Å². The number of piperidine rings is 3. The molecule has 3 heterocycles. The van der Waals surface area contributed by atoms with Gasteiger partial charge in [0.25, 0.3) is 5.91 Å². The first-order valence-corrected chi connectivity index (χ1v) is 13.1. The number of carbonyl (C=O) groups is 2. The fourth-order valence-corrected chi connectivity index (χ4v) is 6.49. The lowest BCUT2D eigenvalue weighted by Gasteiger charge is -2.54. The number of esters is 1. The van der Waals surface area contributed by atoms with Gasteiger partial charge in [-0.1, -0.05) is 79.9 Å². The number of aliphatic hydroxyl groups is 1. The van der Waals surface area contributed by atoms with Crippen LogP contribution in [0.1, 0.15) is 56.1 Å². The van der Waals surface area contributed by atoms with Crippen molar-refractivity contribution in [2.75, 3.05) is 20.1 Å². The van der Waals surface area contributed by atoms with Crippen molar-refractivity contribution >= 4 is 11.9 Å². The number of hydrogen-bond donors (Lipinski definition) is 2. The average molecular weight is 478 g/mol. The molecule has 3 aliphatic heterocycles. The molecule has 4 fully saturated rings. The highest BCUT2D eigenvalue weighted by atomic mass is 16.6. The zero-order valence-corrected chi connectivity index (χ0v) is 20.6. The summed E-state index contributed by atoms with van der Waals surface area (Å²) < 4.78 is 6.81. The summed E-state index contributed by atoms with van der Waals surface area (Å²) in [7, 11) is 2.11. The van der Waals surface area contributed by atoms with Gasteiger partial charge in [0, 0.05) is 24.8 Å². The summed E-state index contributed by atoms with van der Waals surface area (Å²) in [5, 5.41) is 15.2. The van der Waals surface area contributed by atoms with E-state index in [1.807, 2.05) is 12.1 Å². The number of likely N-dealkylation sites (N-methyl/N-ethyl adjacent to an activating group) is 1. The number of benzene rings is 2. The monoisotopic (exact) mass is 477 g/mol. The Morgan fingerprint density at radius 3 is 1.97 bits per heavy atom. The molecule has 1 unspecified atom stereocenters. The number of quaternary nitrogens is 1. The van der Waals surface area contributed by atoms with E-state index in [1.54, 1.807) is 48.5 Å². The summed E-state index contributed by atoms with van der Waals surface area (Å²) in [6, 6.07) is 17.6. The minimum Gasteiger partial charge on any atom is -0.452 e. The summed E-state index contributed by atoms with van der Waals surface area (Å²) >= 11 is 0. The first kappa shape index (κ1) is 24.0. The van der Waals surface area contributed by atoms with Gasteiger partial charge >= 0.3 is 5.97 Å². The van der Waals surface area contributed by atoms with Crippen LogP contribution in [0, 0.1) is 5.92 Å². The number of rotatable bonds is 6. The Hall–Kier alpha value is -2.70. The van der Waals surface area contributed by atoms with Crippen molar-refractivity contribution in [3.63, 3.8) is 0 Å². The molecule has 2 aromatic carbocycles. The fraction of sp³-hybridized carbons (Fsp3) is 0.517. The number of fused-ring (bicyclic) bond motifs is 3. The van der Waals surface area contributed by atoms with Crippen LogP contribution in [0.5, 0.6) is 0 Å². The minimum absolute atomic E-state index is 0.00966. The molecule has 2 bridgehead atoms. The fourth-order valence-electron chi connectivity index (χ4n) is 6.49. The van der Waals surface area contributed by atoms with Crippen molar-refractivity contribution in [2.24, 2.45) is 5.92 Å². The summed E-state index contributed by atoms with van der Waals surface area (Å²) in [6.45, 7) is 1.81. The largest absolute Gasteiger partial charge is 0.452 e. The van der Waals surface area contributed by atoms with Crippen LogP contribution >= 0.6 is 0 Å². The van der Waals surface area contributed by atoms with E-state index in [9.17, 15) is 14.7 Å². The Bertz CT molecular complexity index is 988. The van der Waals surface area contributed by atoms with Gasteiger partial charge in [-0.05, 0) is 24.0 Å². The van der Waals surface area contributed by atoms with Crippen LogP contribution in [0.4, 0.5) is 0 Å². The van der Waals surface area contributed by atoms with Gasteiger partial charge in [0.05, 0.1) is 20.1 Å².